The lowest BCUT2D eigenvalue weighted by molar-refractivity contribution is 0.0721. The predicted octanol–water partition coefficient (Wildman–Crippen LogP) is 1.51. The maximum atomic E-state index is 5.66. The number of ether oxygens (including phenoxy) is 1. The van der Waals surface area contributed by atoms with Gasteiger partial charge in [-0.05, 0) is 25.8 Å². The van der Waals surface area contributed by atoms with Gasteiger partial charge in [0, 0.05) is 19.6 Å². The van der Waals surface area contributed by atoms with Gasteiger partial charge in [-0.1, -0.05) is 6.92 Å². The highest BCUT2D eigenvalue weighted by Gasteiger charge is 2.21. The second-order valence-corrected chi connectivity index (χ2v) is 4.45. The van der Waals surface area contributed by atoms with Crippen molar-refractivity contribution in [1.82, 2.24) is 15.5 Å². The lowest BCUT2D eigenvalue weighted by atomic mass is 10.0. The monoisotopic (exact) mass is 239 g/mol. The normalized spacial score (nSPS) is 20.6. The Balaban J connectivity index is 1.78. The molecular formula is C12H21N3O2. The van der Waals surface area contributed by atoms with Crippen LogP contribution in [0.5, 0.6) is 0 Å². The van der Waals surface area contributed by atoms with Crippen molar-refractivity contribution in [3.63, 3.8) is 0 Å². The lowest BCUT2D eigenvalue weighted by Gasteiger charge is -2.18. The summed E-state index contributed by atoms with van der Waals surface area (Å²) in [6.45, 7) is 5.67. The van der Waals surface area contributed by atoms with E-state index in [1.165, 1.54) is 0 Å². The van der Waals surface area contributed by atoms with Crippen molar-refractivity contribution < 1.29 is 9.15 Å². The Morgan fingerprint density at radius 3 is 3.06 bits per heavy atom. The van der Waals surface area contributed by atoms with Gasteiger partial charge < -0.3 is 14.5 Å². The van der Waals surface area contributed by atoms with Crippen LogP contribution in [0.2, 0.25) is 0 Å². The van der Waals surface area contributed by atoms with Gasteiger partial charge in [-0.2, -0.15) is 0 Å². The molecule has 5 heteroatoms. The molecule has 2 rings (SSSR count). The maximum Gasteiger partial charge on any atom is 0.221 e. The average molecular weight is 239 g/mol. The van der Waals surface area contributed by atoms with Gasteiger partial charge in [-0.25, -0.2) is 0 Å². The molecule has 0 radical (unpaired) electrons. The topological polar surface area (TPSA) is 60.2 Å². The third-order valence-corrected chi connectivity index (χ3v) is 2.93. The molecule has 96 valence electrons. The number of rotatable bonds is 6. The van der Waals surface area contributed by atoms with Crippen molar-refractivity contribution in [3.05, 3.63) is 11.8 Å². The van der Waals surface area contributed by atoms with Gasteiger partial charge in [-0.3, -0.25) is 0 Å². The molecule has 17 heavy (non-hydrogen) atoms. The van der Waals surface area contributed by atoms with E-state index in [-0.39, 0.29) is 0 Å². The third kappa shape index (κ3) is 3.78. The fourth-order valence-corrected chi connectivity index (χ4v) is 1.97. The first-order valence-electron chi connectivity index (χ1n) is 6.51. The molecule has 5 nitrogen and oxygen atoms in total. The number of nitrogens with zero attached hydrogens (tertiary/aromatic N) is 2. The summed E-state index contributed by atoms with van der Waals surface area (Å²) >= 11 is 0. The predicted molar refractivity (Wildman–Crippen MR) is 64.0 cm³/mol. The van der Waals surface area contributed by atoms with Gasteiger partial charge >= 0.3 is 0 Å². The van der Waals surface area contributed by atoms with Gasteiger partial charge in [-0.15, -0.1) is 10.2 Å². The van der Waals surface area contributed by atoms with E-state index in [4.69, 9.17) is 9.15 Å². The van der Waals surface area contributed by atoms with Crippen molar-refractivity contribution >= 4 is 0 Å². The highest BCUT2D eigenvalue weighted by Crippen LogP contribution is 2.24. The molecule has 0 aromatic carbocycles. The molecule has 1 atom stereocenters. The second kappa shape index (κ2) is 6.71. The Bertz CT molecular complexity index is 321. The number of hydrogen-bond acceptors (Lipinski definition) is 5. The molecular weight excluding hydrogens is 218 g/mol. The first-order valence-corrected chi connectivity index (χ1v) is 6.51. The van der Waals surface area contributed by atoms with Gasteiger partial charge in [0.15, 0.2) is 0 Å². The molecule has 1 aromatic rings. The summed E-state index contributed by atoms with van der Waals surface area (Å²) in [7, 11) is 0. The van der Waals surface area contributed by atoms with Crippen LogP contribution < -0.4 is 5.32 Å². The first kappa shape index (κ1) is 12.5. The Morgan fingerprint density at radius 2 is 2.29 bits per heavy atom. The summed E-state index contributed by atoms with van der Waals surface area (Å²) in [4.78, 5) is 0. The van der Waals surface area contributed by atoms with Crippen molar-refractivity contribution in [1.29, 1.82) is 0 Å². The molecule has 1 aliphatic rings. The molecule has 0 bridgehead atoms. The highest BCUT2D eigenvalue weighted by molar-refractivity contribution is 4.93. The molecule has 1 N–H and O–H groups in total. The SMILES string of the molecule is CCCNCCc1nnc(C2CCCOC2)o1. The zero-order valence-electron chi connectivity index (χ0n) is 10.4. The van der Waals surface area contributed by atoms with E-state index in [0.717, 1.165) is 63.8 Å². The van der Waals surface area contributed by atoms with Crippen LogP contribution in [0, 0.1) is 0 Å². The van der Waals surface area contributed by atoms with Crippen LogP contribution in [0.25, 0.3) is 0 Å². The van der Waals surface area contributed by atoms with Gasteiger partial charge in [0.2, 0.25) is 11.8 Å². The Labute approximate surface area is 102 Å². The minimum absolute atomic E-state index is 0.300. The van der Waals surface area contributed by atoms with Crippen LogP contribution in [0.3, 0.4) is 0 Å². The number of nitrogens with one attached hydrogen (secondary N) is 1. The zero-order chi connectivity index (χ0) is 11.9. The minimum Gasteiger partial charge on any atom is -0.425 e. The van der Waals surface area contributed by atoms with Gasteiger partial charge in [0.1, 0.15) is 0 Å². The lowest BCUT2D eigenvalue weighted by Crippen LogP contribution is -2.17. The largest absolute Gasteiger partial charge is 0.425 e. The second-order valence-electron chi connectivity index (χ2n) is 4.45. The van der Waals surface area contributed by atoms with Crippen LogP contribution in [-0.2, 0) is 11.2 Å². The fraction of sp³-hybridized carbons (Fsp3) is 0.833. The summed E-state index contributed by atoms with van der Waals surface area (Å²) in [5, 5.41) is 11.5. The van der Waals surface area contributed by atoms with Crippen molar-refractivity contribution in [2.24, 2.45) is 0 Å². The molecule has 0 aliphatic carbocycles. The molecule has 0 spiro atoms. The smallest absolute Gasteiger partial charge is 0.221 e. The first-order chi connectivity index (χ1) is 8.40. The van der Waals surface area contributed by atoms with E-state index in [1.54, 1.807) is 0 Å². The van der Waals surface area contributed by atoms with Crippen LogP contribution in [-0.4, -0.2) is 36.5 Å². The maximum absolute atomic E-state index is 5.66. The standard InChI is InChI=1S/C12H21N3O2/c1-2-6-13-7-5-11-14-15-12(17-11)10-4-3-8-16-9-10/h10,13H,2-9H2,1H3. The molecule has 2 heterocycles. The Kier molecular flexibility index (Phi) is 4.94. The summed E-state index contributed by atoms with van der Waals surface area (Å²) in [5.41, 5.74) is 0. The Morgan fingerprint density at radius 1 is 1.35 bits per heavy atom. The van der Waals surface area contributed by atoms with E-state index in [1.807, 2.05) is 0 Å². The molecule has 0 amide bonds. The van der Waals surface area contributed by atoms with Crippen LogP contribution >= 0.6 is 0 Å². The Hall–Kier alpha value is -0.940. The van der Waals surface area contributed by atoms with E-state index in [2.05, 4.69) is 22.4 Å². The molecule has 0 saturated carbocycles. The summed E-state index contributed by atoms with van der Waals surface area (Å²) in [6, 6.07) is 0. The van der Waals surface area contributed by atoms with Crippen molar-refractivity contribution in [3.8, 4) is 0 Å². The van der Waals surface area contributed by atoms with E-state index >= 15 is 0 Å². The molecule has 1 fully saturated rings. The summed E-state index contributed by atoms with van der Waals surface area (Å²) in [6.07, 6.45) is 4.13. The molecule has 1 aromatic heterocycles. The van der Waals surface area contributed by atoms with Crippen LogP contribution in [0.1, 0.15) is 43.9 Å². The zero-order valence-corrected chi connectivity index (χ0v) is 10.4. The molecule has 1 saturated heterocycles. The van der Waals surface area contributed by atoms with Gasteiger partial charge in [0.25, 0.3) is 0 Å². The fourth-order valence-electron chi connectivity index (χ4n) is 1.97. The summed E-state index contributed by atoms with van der Waals surface area (Å²) in [5.74, 6) is 1.78. The molecule has 1 unspecified atom stereocenters. The highest BCUT2D eigenvalue weighted by atomic mass is 16.5. The van der Waals surface area contributed by atoms with E-state index in [9.17, 15) is 0 Å². The quantitative estimate of drug-likeness (QED) is 0.762. The van der Waals surface area contributed by atoms with Crippen molar-refractivity contribution in [2.75, 3.05) is 26.3 Å². The minimum atomic E-state index is 0.300. The van der Waals surface area contributed by atoms with Crippen LogP contribution in [0.15, 0.2) is 4.42 Å². The third-order valence-electron chi connectivity index (χ3n) is 2.93. The van der Waals surface area contributed by atoms with Crippen LogP contribution in [0.4, 0.5) is 0 Å². The van der Waals surface area contributed by atoms with E-state index < -0.39 is 0 Å². The van der Waals surface area contributed by atoms with Gasteiger partial charge in [0.05, 0.1) is 12.5 Å². The van der Waals surface area contributed by atoms with Crippen molar-refractivity contribution in [2.45, 2.75) is 38.5 Å². The summed E-state index contributed by atoms with van der Waals surface area (Å²) < 4.78 is 11.1. The average Bonchev–Trinajstić information content (AvgIpc) is 2.85. The van der Waals surface area contributed by atoms with E-state index in [0.29, 0.717) is 5.92 Å². The molecule has 1 aliphatic heterocycles. The number of hydrogen-bond donors (Lipinski definition) is 1. The number of aromatic nitrogens is 2.